The number of fused-ring (bicyclic) bond motifs is 1. The summed E-state index contributed by atoms with van der Waals surface area (Å²) in [4.78, 5) is 0. The molecule has 0 fully saturated rings. The molecule has 3 aromatic rings. The number of nitrogens with one attached hydrogen (secondary N) is 1. The molecule has 1 heterocycles. The molecule has 0 spiro atoms. The van der Waals surface area contributed by atoms with Crippen LogP contribution in [0.1, 0.15) is 11.3 Å². The van der Waals surface area contributed by atoms with E-state index in [4.69, 9.17) is 9.26 Å². The van der Waals surface area contributed by atoms with Gasteiger partial charge in [0.25, 0.3) is 0 Å². The van der Waals surface area contributed by atoms with Crippen molar-refractivity contribution < 1.29 is 13.8 Å². The monoisotopic (exact) mass is 429 g/mol. The number of benzene rings is 3. The fraction of sp³-hybridized carbons (Fsp3) is 0.100. The first-order valence-corrected chi connectivity index (χ1v) is 10.6. The lowest BCUT2D eigenvalue weighted by molar-refractivity contribution is 0.415. The predicted octanol–water partition coefficient (Wildman–Crippen LogP) is 5.56. The topological polar surface area (TPSA) is 47.6 Å². The second kappa shape index (κ2) is 6.82. The van der Waals surface area contributed by atoms with E-state index in [2.05, 4.69) is 21.2 Å². The fourth-order valence-corrected chi connectivity index (χ4v) is 5.86. The van der Waals surface area contributed by atoms with Crippen LogP contribution in [0.15, 0.2) is 77.3 Å². The second-order valence-electron chi connectivity index (χ2n) is 5.98. The minimum atomic E-state index is -3.18. The highest BCUT2D eigenvalue weighted by molar-refractivity contribution is 9.10. The van der Waals surface area contributed by atoms with Gasteiger partial charge in [0.05, 0.1) is 12.4 Å². The number of hydrogen-bond donors (Lipinski definition) is 1. The van der Waals surface area contributed by atoms with Gasteiger partial charge in [0.2, 0.25) is 0 Å². The largest absolute Gasteiger partial charge is 0.497 e. The third kappa shape index (κ3) is 3.02. The third-order valence-corrected chi connectivity index (χ3v) is 7.42. The van der Waals surface area contributed by atoms with Crippen LogP contribution in [0.25, 0.3) is 0 Å². The molecule has 0 aliphatic carbocycles. The number of halogens is 1. The number of hydrogen-bond acceptors (Lipinski definition) is 4. The Labute approximate surface area is 160 Å². The van der Waals surface area contributed by atoms with E-state index < -0.39 is 13.2 Å². The highest BCUT2D eigenvalue weighted by Gasteiger charge is 2.46. The number of rotatable bonds is 4. The Bertz CT molecular complexity index is 976. The van der Waals surface area contributed by atoms with Gasteiger partial charge in [-0.2, -0.15) is 0 Å². The van der Waals surface area contributed by atoms with Gasteiger partial charge in [-0.05, 0) is 54.6 Å². The molecule has 0 amide bonds. The Morgan fingerprint density at radius 3 is 2.46 bits per heavy atom. The van der Waals surface area contributed by atoms with Gasteiger partial charge in [0.1, 0.15) is 17.3 Å². The van der Waals surface area contributed by atoms with Gasteiger partial charge in [0, 0.05) is 15.7 Å². The Balaban J connectivity index is 1.78. The molecule has 3 aromatic carbocycles. The molecule has 26 heavy (non-hydrogen) atoms. The van der Waals surface area contributed by atoms with Crippen molar-refractivity contribution in [1.82, 2.24) is 0 Å². The molecule has 4 rings (SSSR count). The molecule has 1 N–H and O–H groups in total. The minimum Gasteiger partial charge on any atom is -0.497 e. The molecule has 6 heteroatoms. The lowest BCUT2D eigenvalue weighted by atomic mass is 10.2. The average molecular weight is 430 g/mol. The maximum atomic E-state index is 13.9. The van der Waals surface area contributed by atoms with Crippen LogP contribution in [-0.4, -0.2) is 7.11 Å². The van der Waals surface area contributed by atoms with Gasteiger partial charge in [-0.3, -0.25) is 4.57 Å². The van der Waals surface area contributed by atoms with E-state index >= 15 is 0 Å². The normalized spacial score (nSPS) is 20.9. The van der Waals surface area contributed by atoms with Gasteiger partial charge in [-0.25, -0.2) is 0 Å². The standard InChI is InChI=1S/C20H17BrNO3P/c1-24-16-10-8-15(9-11-16)22-20-18-13-14(21)7-12-19(18)25-26(20,23)17-5-3-2-4-6-17/h2-13,20,22H,1H3. The van der Waals surface area contributed by atoms with Crippen LogP contribution < -0.4 is 19.9 Å². The van der Waals surface area contributed by atoms with Crippen LogP contribution in [0.4, 0.5) is 5.69 Å². The molecule has 132 valence electrons. The molecular formula is C20H17BrNO3P. The van der Waals surface area contributed by atoms with Crippen molar-refractivity contribution in [1.29, 1.82) is 0 Å². The number of anilines is 1. The van der Waals surface area contributed by atoms with E-state index in [1.807, 2.05) is 72.8 Å². The summed E-state index contributed by atoms with van der Waals surface area (Å²) in [5.74, 6) is 0.949. The van der Waals surface area contributed by atoms with Crippen molar-refractivity contribution in [2.75, 3.05) is 12.4 Å². The zero-order valence-corrected chi connectivity index (χ0v) is 16.5. The summed E-state index contributed by atoms with van der Waals surface area (Å²) >= 11 is 3.50. The number of methoxy groups -OCH3 is 1. The van der Waals surface area contributed by atoms with Crippen LogP contribution in [-0.2, 0) is 4.57 Å². The van der Waals surface area contributed by atoms with Gasteiger partial charge >= 0.3 is 7.37 Å². The van der Waals surface area contributed by atoms with Crippen molar-refractivity contribution in [2.24, 2.45) is 0 Å². The first-order valence-electron chi connectivity index (χ1n) is 8.15. The third-order valence-electron chi connectivity index (χ3n) is 4.35. The van der Waals surface area contributed by atoms with Crippen molar-refractivity contribution >= 4 is 34.3 Å². The van der Waals surface area contributed by atoms with Crippen LogP contribution >= 0.6 is 23.3 Å². The van der Waals surface area contributed by atoms with Gasteiger partial charge < -0.3 is 14.6 Å². The summed E-state index contributed by atoms with van der Waals surface area (Å²) in [7, 11) is -1.55. The molecule has 2 atom stereocenters. The molecule has 0 saturated heterocycles. The summed E-state index contributed by atoms with van der Waals surface area (Å²) in [5, 5.41) is 4.09. The quantitative estimate of drug-likeness (QED) is 0.551. The SMILES string of the molecule is COc1ccc(NC2c3cc(Br)ccc3OP2(=O)c2ccccc2)cc1. The predicted molar refractivity (Wildman–Crippen MR) is 108 cm³/mol. The van der Waals surface area contributed by atoms with E-state index in [-0.39, 0.29) is 0 Å². The summed E-state index contributed by atoms with van der Waals surface area (Å²) < 4.78 is 26.1. The Morgan fingerprint density at radius 1 is 1.04 bits per heavy atom. The Kier molecular flexibility index (Phi) is 4.51. The number of ether oxygens (including phenoxy) is 1. The zero-order valence-electron chi connectivity index (χ0n) is 14.1. The summed E-state index contributed by atoms with van der Waals surface area (Å²) in [5.41, 5.74) is 1.73. The summed E-state index contributed by atoms with van der Waals surface area (Å²) in [6, 6.07) is 22.6. The van der Waals surface area contributed by atoms with E-state index in [9.17, 15) is 4.57 Å². The summed E-state index contributed by atoms with van der Waals surface area (Å²) in [6.45, 7) is 0. The molecule has 0 aromatic heterocycles. The second-order valence-corrected chi connectivity index (χ2v) is 9.31. The van der Waals surface area contributed by atoms with Gasteiger partial charge in [-0.15, -0.1) is 0 Å². The van der Waals surface area contributed by atoms with Crippen molar-refractivity contribution in [3.8, 4) is 11.5 Å². The van der Waals surface area contributed by atoms with Crippen molar-refractivity contribution in [2.45, 2.75) is 5.78 Å². The van der Waals surface area contributed by atoms with Crippen LogP contribution in [0, 0.1) is 0 Å². The van der Waals surface area contributed by atoms with Crippen LogP contribution in [0.3, 0.4) is 0 Å². The highest BCUT2D eigenvalue weighted by atomic mass is 79.9. The molecular weight excluding hydrogens is 413 g/mol. The van der Waals surface area contributed by atoms with Crippen molar-refractivity contribution in [3.63, 3.8) is 0 Å². The summed E-state index contributed by atoms with van der Waals surface area (Å²) in [6.07, 6.45) is 0. The van der Waals surface area contributed by atoms with Gasteiger partial charge in [0.15, 0.2) is 0 Å². The van der Waals surface area contributed by atoms with Crippen molar-refractivity contribution in [3.05, 3.63) is 82.8 Å². The maximum absolute atomic E-state index is 13.9. The van der Waals surface area contributed by atoms with Gasteiger partial charge in [-0.1, -0.05) is 34.1 Å². The maximum Gasteiger partial charge on any atom is 0.303 e. The van der Waals surface area contributed by atoms with E-state index in [0.29, 0.717) is 11.1 Å². The smallest absolute Gasteiger partial charge is 0.303 e. The minimum absolute atomic E-state index is 0.467. The molecule has 0 saturated carbocycles. The Morgan fingerprint density at radius 2 is 1.77 bits per heavy atom. The van der Waals surface area contributed by atoms with E-state index in [1.165, 1.54) is 0 Å². The highest BCUT2D eigenvalue weighted by Crippen LogP contribution is 2.65. The molecule has 1 aliphatic rings. The fourth-order valence-electron chi connectivity index (χ4n) is 3.04. The molecule has 4 nitrogen and oxygen atoms in total. The van der Waals surface area contributed by atoms with E-state index in [1.54, 1.807) is 7.11 Å². The molecule has 0 radical (unpaired) electrons. The molecule has 0 bridgehead atoms. The molecule has 2 unspecified atom stereocenters. The van der Waals surface area contributed by atoms with Crippen LogP contribution in [0.5, 0.6) is 11.5 Å². The zero-order chi connectivity index (χ0) is 18.1. The Hall–Kier alpha value is -2.23. The molecule has 1 aliphatic heterocycles. The van der Waals surface area contributed by atoms with Crippen LogP contribution in [0.2, 0.25) is 0 Å². The lowest BCUT2D eigenvalue weighted by Gasteiger charge is -2.22. The first-order chi connectivity index (χ1) is 12.6. The average Bonchev–Trinajstić information content (AvgIpc) is 2.96. The first kappa shape index (κ1) is 17.2. The van der Waals surface area contributed by atoms with E-state index in [0.717, 1.165) is 21.5 Å². The lowest BCUT2D eigenvalue weighted by Crippen LogP contribution is -2.16.